The van der Waals surface area contributed by atoms with Crippen LogP contribution in [0.4, 0.5) is 5.69 Å². The van der Waals surface area contributed by atoms with E-state index in [9.17, 15) is 4.79 Å². The molecule has 1 aromatic rings. The highest BCUT2D eigenvalue weighted by molar-refractivity contribution is 5.76. The molecule has 0 bridgehead atoms. The molecule has 3 saturated heterocycles. The van der Waals surface area contributed by atoms with E-state index in [1.165, 1.54) is 44.5 Å². The first kappa shape index (κ1) is 20.7. The molecule has 0 N–H and O–H groups in total. The Labute approximate surface area is 176 Å². The Kier molecular flexibility index (Phi) is 7.09. The largest absolute Gasteiger partial charge is 0.371 e. The van der Waals surface area contributed by atoms with Gasteiger partial charge in [0.2, 0.25) is 5.91 Å². The topological polar surface area (TPSA) is 30.0 Å². The fraction of sp³-hybridized carbons (Fsp3) is 0.708. The van der Waals surface area contributed by atoms with Crippen molar-refractivity contribution in [2.24, 2.45) is 5.92 Å². The number of carbonyl (C=O) groups excluding carboxylic acids is 1. The molecule has 1 amide bonds. The summed E-state index contributed by atoms with van der Waals surface area (Å²) in [5.41, 5.74) is 1.37. The molecule has 3 aliphatic heterocycles. The zero-order valence-corrected chi connectivity index (χ0v) is 18.1. The van der Waals surface area contributed by atoms with Crippen molar-refractivity contribution in [3.63, 3.8) is 0 Å². The standard InChI is InChI=1S/C24H38N4O/c1-25-16-18-27(19-17-25)24(29)10-9-21-6-5-13-28(20-21)23-11-14-26(15-12-23)22-7-3-2-4-8-22/h2-4,7-8,21,23H,5-6,9-20H2,1H3/t21-/m1/s1. The van der Waals surface area contributed by atoms with Crippen LogP contribution in [0.15, 0.2) is 30.3 Å². The molecule has 5 heteroatoms. The number of rotatable bonds is 5. The van der Waals surface area contributed by atoms with Crippen LogP contribution in [-0.2, 0) is 4.79 Å². The number of likely N-dealkylation sites (N-methyl/N-ethyl adjacent to an activating group) is 1. The molecule has 4 rings (SSSR count). The summed E-state index contributed by atoms with van der Waals surface area (Å²) in [5.74, 6) is 1.08. The van der Waals surface area contributed by atoms with Crippen LogP contribution < -0.4 is 4.90 Å². The molecule has 3 aliphatic rings. The maximum absolute atomic E-state index is 12.6. The van der Waals surface area contributed by atoms with Gasteiger partial charge in [0.15, 0.2) is 0 Å². The van der Waals surface area contributed by atoms with Gasteiger partial charge in [0.05, 0.1) is 0 Å². The molecule has 0 radical (unpaired) electrons. The molecule has 5 nitrogen and oxygen atoms in total. The summed E-state index contributed by atoms with van der Waals surface area (Å²) < 4.78 is 0. The van der Waals surface area contributed by atoms with Gasteiger partial charge in [-0.05, 0) is 63.7 Å². The van der Waals surface area contributed by atoms with E-state index in [4.69, 9.17) is 0 Å². The number of para-hydroxylation sites is 1. The number of piperidine rings is 2. The second kappa shape index (κ2) is 9.94. The van der Waals surface area contributed by atoms with Crippen molar-refractivity contribution in [3.05, 3.63) is 30.3 Å². The lowest BCUT2D eigenvalue weighted by molar-refractivity contribution is -0.133. The van der Waals surface area contributed by atoms with Crippen molar-refractivity contribution in [3.8, 4) is 0 Å². The van der Waals surface area contributed by atoms with Crippen molar-refractivity contribution in [2.75, 3.05) is 64.3 Å². The fourth-order valence-corrected chi connectivity index (χ4v) is 5.33. The Balaban J connectivity index is 1.20. The molecule has 160 valence electrons. The second-order valence-corrected chi connectivity index (χ2v) is 9.28. The molecule has 1 aromatic carbocycles. The van der Waals surface area contributed by atoms with E-state index in [1.807, 2.05) is 0 Å². The molecule has 0 aliphatic carbocycles. The minimum absolute atomic E-state index is 0.381. The summed E-state index contributed by atoms with van der Waals surface area (Å²) in [6.45, 7) is 8.63. The smallest absolute Gasteiger partial charge is 0.222 e. The molecule has 0 aromatic heterocycles. The molecule has 3 fully saturated rings. The lowest BCUT2D eigenvalue weighted by atomic mass is 9.90. The third-order valence-electron chi connectivity index (χ3n) is 7.28. The first-order chi connectivity index (χ1) is 14.2. The van der Waals surface area contributed by atoms with Gasteiger partial charge in [-0.15, -0.1) is 0 Å². The number of amides is 1. The highest BCUT2D eigenvalue weighted by Gasteiger charge is 2.29. The lowest BCUT2D eigenvalue weighted by Gasteiger charge is -2.43. The number of hydrogen-bond acceptors (Lipinski definition) is 4. The minimum Gasteiger partial charge on any atom is -0.371 e. The monoisotopic (exact) mass is 398 g/mol. The predicted octanol–water partition coefficient (Wildman–Crippen LogP) is 2.92. The number of piperazine rings is 1. The Morgan fingerprint density at radius 2 is 1.66 bits per heavy atom. The summed E-state index contributed by atoms with van der Waals surface area (Å²) in [6, 6.07) is 11.6. The van der Waals surface area contributed by atoms with Gasteiger partial charge in [-0.2, -0.15) is 0 Å². The van der Waals surface area contributed by atoms with Gasteiger partial charge in [0.1, 0.15) is 0 Å². The first-order valence-corrected chi connectivity index (χ1v) is 11.7. The van der Waals surface area contributed by atoms with Crippen LogP contribution in [0.5, 0.6) is 0 Å². The Morgan fingerprint density at radius 3 is 2.38 bits per heavy atom. The third-order valence-corrected chi connectivity index (χ3v) is 7.28. The van der Waals surface area contributed by atoms with Crippen LogP contribution in [-0.4, -0.2) is 86.1 Å². The molecule has 0 unspecified atom stereocenters. The quantitative estimate of drug-likeness (QED) is 0.763. The van der Waals surface area contributed by atoms with Crippen molar-refractivity contribution < 1.29 is 4.79 Å². The fourth-order valence-electron chi connectivity index (χ4n) is 5.33. The molecule has 3 heterocycles. The Bertz CT molecular complexity index is 636. The third kappa shape index (κ3) is 5.52. The maximum atomic E-state index is 12.6. The maximum Gasteiger partial charge on any atom is 0.222 e. The van der Waals surface area contributed by atoms with E-state index < -0.39 is 0 Å². The summed E-state index contributed by atoms with van der Waals surface area (Å²) in [7, 11) is 2.14. The molecular formula is C24H38N4O. The zero-order valence-electron chi connectivity index (χ0n) is 18.1. The van der Waals surface area contributed by atoms with Gasteiger partial charge in [0, 0.05) is 64.0 Å². The van der Waals surface area contributed by atoms with E-state index in [0.717, 1.165) is 58.2 Å². The number of carbonyl (C=O) groups is 1. The normalized spacial score (nSPS) is 25.3. The highest BCUT2D eigenvalue weighted by atomic mass is 16.2. The van der Waals surface area contributed by atoms with Gasteiger partial charge in [0.25, 0.3) is 0 Å². The van der Waals surface area contributed by atoms with Crippen molar-refractivity contribution >= 4 is 11.6 Å². The summed E-state index contributed by atoms with van der Waals surface area (Å²) in [6.07, 6.45) is 6.95. The minimum atomic E-state index is 0.381. The molecule has 0 spiro atoms. The SMILES string of the molecule is CN1CCN(C(=O)CC[C@H]2CCCN(C3CCN(c4ccccc4)CC3)C2)CC1. The van der Waals surface area contributed by atoms with Crippen LogP contribution >= 0.6 is 0 Å². The molecule has 1 atom stereocenters. The van der Waals surface area contributed by atoms with E-state index in [2.05, 4.69) is 57.0 Å². The van der Waals surface area contributed by atoms with Crippen molar-refractivity contribution in [1.82, 2.24) is 14.7 Å². The number of benzene rings is 1. The van der Waals surface area contributed by atoms with Crippen LogP contribution in [0.1, 0.15) is 38.5 Å². The van der Waals surface area contributed by atoms with Crippen molar-refractivity contribution in [2.45, 2.75) is 44.6 Å². The summed E-state index contributed by atoms with van der Waals surface area (Å²) in [4.78, 5) is 22.3. The zero-order chi connectivity index (χ0) is 20.1. The van der Waals surface area contributed by atoms with Crippen molar-refractivity contribution in [1.29, 1.82) is 0 Å². The number of hydrogen-bond donors (Lipinski definition) is 0. The van der Waals surface area contributed by atoms with E-state index in [0.29, 0.717) is 11.8 Å². The highest BCUT2D eigenvalue weighted by Crippen LogP contribution is 2.28. The predicted molar refractivity (Wildman–Crippen MR) is 119 cm³/mol. The lowest BCUT2D eigenvalue weighted by Crippen LogP contribution is -2.49. The first-order valence-electron chi connectivity index (χ1n) is 11.7. The average molecular weight is 399 g/mol. The van der Waals surface area contributed by atoms with Gasteiger partial charge in [-0.3, -0.25) is 9.69 Å². The Hall–Kier alpha value is -1.59. The van der Waals surface area contributed by atoms with Crippen LogP contribution in [0, 0.1) is 5.92 Å². The number of nitrogens with zero attached hydrogens (tertiary/aromatic N) is 4. The number of likely N-dealkylation sites (tertiary alicyclic amines) is 1. The molecular weight excluding hydrogens is 360 g/mol. The van der Waals surface area contributed by atoms with Crippen LogP contribution in [0.3, 0.4) is 0 Å². The molecule has 29 heavy (non-hydrogen) atoms. The van der Waals surface area contributed by atoms with E-state index in [1.54, 1.807) is 0 Å². The van der Waals surface area contributed by atoms with E-state index in [-0.39, 0.29) is 0 Å². The van der Waals surface area contributed by atoms with Gasteiger partial charge in [-0.1, -0.05) is 18.2 Å². The van der Waals surface area contributed by atoms with Gasteiger partial charge >= 0.3 is 0 Å². The molecule has 0 saturated carbocycles. The summed E-state index contributed by atoms with van der Waals surface area (Å²) >= 11 is 0. The number of anilines is 1. The Morgan fingerprint density at radius 1 is 0.931 bits per heavy atom. The second-order valence-electron chi connectivity index (χ2n) is 9.28. The van der Waals surface area contributed by atoms with Gasteiger partial charge in [-0.25, -0.2) is 0 Å². The van der Waals surface area contributed by atoms with Crippen LogP contribution in [0.25, 0.3) is 0 Å². The van der Waals surface area contributed by atoms with Crippen LogP contribution in [0.2, 0.25) is 0 Å². The van der Waals surface area contributed by atoms with E-state index >= 15 is 0 Å². The van der Waals surface area contributed by atoms with Gasteiger partial charge < -0.3 is 14.7 Å². The average Bonchev–Trinajstić information content (AvgIpc) is 2.79. The summed E-state index contributed by atoms with van der Waals surface area (Å²) in [5, 5.41) is 0.